The topological polar surface area (TPSA) is 86.8 Å². The van der Waals surface area contributed by atoms with Crippen LogP contribution in [0.15, 0.2) is 102 Å². The molecule has 0 saturated heterocycles. The average Bonchev–Trinajstić information content (AvgIpc) is 2.98. The van der Waals surface area contributed by atoms with Crippen molar-refractivity contribution in [2.45, 2.75) is 57.6 Å². The predicted octanol–water partition coefficient (Wildman–Crippen LogP) is 6.97. The Labute approximate surface area is 275 Å². The summed E-state index contributed by atoms with van der Waals surface area (Å²) in [6.45, 7) is 7.00. The maximum absolute atomic E-state index is 14.5. The quantitative estimate of drug-likeness (QED) is 0.177. The van der Waals surface area contributed by atoms with Crippen molar-refractivity contribution < 1.29 is 18.0 Å². The van der Waals surface area contributed by atoms with Crippen molar-refractivity contribution in [3.8, 4) is 0 Å². The van der Waals surface area contributed by atoms with E-state index in [1.165, 1.54) is 35.2 Å². The summed E-state index contributed by atoms with van der Waals surface area (Å²) >= 11 is 12.6. The standard InChI is InChI=1S/C35H37Cl2N3O4S/c1-24(2)38-35(42)33(18-27-8-6-5-7-9-27)39(22-28-14-10-25(3)11-15-28)34(41)23-40(31-20-29(36)19-30(37)21-31)45(43,44)32-16-12-26(4)13-17-32/h5-17,19-21,24,33H,18,22-23H2,1-4H3,(H,38,42)/t33-/m1/s1. The van der Waals surface area contributed by atoms with Gasteiger partial charge >= 0.3 is 0 Å². The number of amides is 2. The van der Waals surface area contributed by atoms with Crippen LogP contribution in [0.2, 0.25) is 10.0 Å². The van der Waals surface area contributed by atoms with Gasteiger partial charge in [0.15, 0.2) is 0 Å². The van der Waals surface area contributed by atoms with Gasteiger partial charge in [-0.15, -0.1) is 0 Å². The zero-order valence-corrected chi connectivity index (χ0v) is 28.0. The summed E-state index contributed by atoms with van der Waals surface area (Å²) in [4.78, 5) is 29.7. The summed E-state index contributed by atoms with van der Waals surface area (Å²) in [6.07, 6.45) is 0.227. The van der Waals surface area contributed by atoms with Crippen molar-refractivity contribution in [2.75, 3.05) is 10.8 Å². The van der Waals surface area contributed by atoms with Gasteiger partial charge in [0.1, 0.15) is 12.6 Å². The summed E-state index contributed by atoms with van der Waals surface area (Å²) in [5.41, 5.74) is 3.70. The summed E-state index contributed by atoms with van der Waals surface area (Å²) in [6, 6.07) is 26.7. The molecular weight excluding hydrogens is 629 g/mol. The van der Waals surface area contributed by atoms with Crippen LogP contribution in [0.1, 0.15) is 36.1 Å². The van der Waals surface area contributed by atoms with Crippen LogP contribution < -0.4 is 9.62 Å². The van der Waals surface area contributed by atoms with E-state index >= 15 is 0 Å². The Morgan fingerprint density at radius 2 is 1.33 bits per heavy atom. The van der Waals surface area contributed by atoms with E-state index in [-0.39, 0.29) is 45.5 Å². The fraction of sp³-hybridized carbons (Fsp3) is 0.257. The van der Waals surface area contributed by atoms with E-state index in [0.717, 1.165) is 26.6 Å². The van der Waals surface area contributed by atoms with Crippen LogP contribution >= 0.6 is 23.2 Å². The highest BCUT2D eigenvalue weighted by molar-refractivity contribution is 7.92. The molecule has 0 aliphatic carbocycles. The summed E-state index contributed by atoms with van der Waals surface area (Å²) < 4.78 is 29.3. The van der Waals surface area contributed by atoms with Crippen molar-refractivity contribution in [3.63, 3.8) is 0 Å². The first-order chi connectivity index (χ1) is 21.3. The molecule has 236 valence electrons. The van der Waals surface area contributed by atoms with Gasteiger partial charge in [-0.3, -0.25) is 13.9 Å². The molecule has 4 rings (SSSR count). The number of aryl methyl sites for hydroxylation is 2. The van der Waals surface area contributed by atoms with E-state index in [1.807, 2.05) is 82.3 Å². The number of halogens is 2. The Bertz CT molecular complexity index is 1710. The molecule has 10 heteroatoms. The first-order valence-electron chi connectivity index (χ1n) is 14.6. The van der Waals surface area contributed by atoms with Gasteiger partial charge in [0, 0.05) is 29.1 Å². The van der Waals surface area contributed by atoms with Gasteiger partial charge in [0.25, 0.3) is 10.0 Å². The number of sulfonamides is 1. The third kappa shape index (κ3) is 9.10. The van der Waals surface area contributed by atoms with Crippen molar-refractivity contribution in [2.24, 2.45) is 0 Å². The second kappa shape index (κ2) is 15.0. The normalized spacial score (nSPS) is 12.1. The summed E-state index contributed by atoms with van der Waals surface area (Å²) in [5.74, 6) is -0.907. The highest BCUT2D eigenvalue weighted by Crippen LogP contribution is 2.30. The molecule has 2 amide bonds. The zero-order valence-electron chi connectivity index (χ0n) is 25.7. The molecule has 0 aliphatic rings. The third-order valence-corrected chi connectivity index (χ3v) is 9.42. The SMILES string of the molecule is Cc1ccc(CN(C(=O)CN(c2cc(Cl)cc(Cl)c2)S(=O)(=O)c2ccc(C)cc2)[C@H](Cc2ccccc2)C(=O)NC(C)C)cc1. The van der Waals surface area contributed by atoms with Gasteiger partial charge in [-0.1, -0.05) is 101 Å². The van der Waals surface area contributed by atoms with Crippen LogP contribution in [-0.4, -0.2) is 43.8 Å². The molecule has 0 radical (unpaired) electrons. The molecule has 1 N–H and O–H groups in total. The van der Waals surface area contributed by atoms with Crippen LogP contribution in [0.5, 0.6) is 0 Å². The average molecular weight is 667 g/mol. The van der Waals surface area contributed by atoms with Crippen LogP contribution in [0.4, 0.5) is 5.69 Å². The number of carbonyl (C=O) groups excluding carboxylic acids is 2. The minimum atomic E-state index is -4.27. The van der Waals surface area contributed by atoms with Gasteiger partial charge < -0.3 is 10.2 Å². The largest absolute Gasteiger partial charge is 0.352 e. The molecular formula is C35H37Cl2N3O4S. The molecule has 4 aromatic rings. The zero-order chi connectivity index (χ0) is 32.7. The molecule has 4 aromatic carbocycles. The van der Waals surface area contributed by atoms with Crippen LogP contribution in [-0.2, 0) is 32.6 Å². The number of hydrogen-bond donors (Lipinski definition) is 1. The van der Waals surface area contributed by atoms with Crippen molar-refractivity contribution in [1.29, 1.82) is 0 Å². The van der Waals surface area contributed by atoms with Crippen LogP contribution in [0.25, 0.3) is 0 Å². The molecule has 0 heterocycles. The van der Waals surface area contributed by atoms with Gasteiger partial charge in [-0.25, -0.2) is 8.42 Å². The highest BCUT2D eigenvalue weighted by Gasteiger charge is 2.35. The molecule has 45 heavy (non-hydrogen) atoms. The molecule has 0 aliphatic heterocycles. The molecule has 0 fully saturated rings. The van der Waals surface area contributed by atoms with Crippen LogP contribution in [0.3, 0.4) is 0 Å². The van der Waals surface area contributed by atoms with E-state index in [1.54, 1.807) is 12.1 Å². The molecule has 0 spiro atoms. The first kappa shape index (κ1) is 34.0. The molecule has 0 aromatic heterocycles. The lowest BCUT2D eigenvalue weighted by molar-refractivity contribution is -0.140. The monoisotopic (exact) mass is 665 g/mol. The number of carbonyl (C=O) groups is 2. The number of rotatable bonds is 12. The fourth-order valence-corrected chi connectivity index (χ4v) is 6.79. The van der Waals surface area contributed by atoms with Gasteiger partial charge in [-0.2, -0.15) is 0 Å². The lowest BCUT2D eigenvalue weighted by atomic mass is 10.0. The molecule has 1 atom stereocenters. The van der Waals surface area contributed by atoms with E-state index in [4.69, 9.17) is 23.2 Å². The Hall–Kier alpha value is -3.85. The van der Waals surface area contributed by atoms with Crippen LogP contribution in [0, 0.1) is 13.8 Å². The minimum absolute atomic E-state index is 0.000434. The number of anilines is 1. The van der Waals surface area contributed by atoms with E-state index in [2.05, 4.69) is 5.32 Å². The molecule has 0 saturated carbocycles. The van der Waals surface area contributed by atoms with E-state index in [9.17, 15) is 18.0 Å². The summed E-state index contributed by atoms with van der Waals surface area (Å²) in [5, 5.41) is 3.38. The van der Waals surface area contributed by atoms with Gasteiger partial charge in [-0.05, 0) is 69.2 Å². The Kier molecular flexibility index (Phi) is 11.3. The van der Waals surface area contributed by atoms with Crippen molar-refractivity contribution in [3.05, 3.63) is 129 Å². The van der Waals surface area contributed by atoms with Gasteiger partial charge in [0.05, 0.1) is 10.6 Å². The predicted molar refractivity (Wildman–Crippen MR) is 181 cm³/mol. The Balaban J connectivity index is 1.82. The second-order valence-corrected chi connectivity index (χ2v) is 14.1. The van der Waals surface area contributed by atoms with Crippen molar-refractivity contribution >= 4 is 50.7 Å². The summed E-state index contributed by atoms with van der Waals surface area (Å²) in [7, 11) is -4.27. The van der Waals surface area contributed by atoms with E-state index < -0.39 is 28.5 Å². The van der Waals surface area contributed by atoms with Crippen molar-refractivity contribution in [1.82, 2.24) is 10.2 Å². The lowest BCUT2D eigenvalue weighted by Gasteiger charge is -2.34. The molecule has 7 nitrogen and oxygen atoms in total. The smallest absolute Gasteiger partial charge is 0.264 e. The lowest BCUT2D eigenvalue weighted by Crippen LogP contribution is -2.54. The van der Waals surface area contributed by atoms with Gasteiger partial charge in [0.2, 0.25) is 11.8 Å². The Morgan fingerprint density at radius 1 is 0.778 bits per heavy atom. The van der Waals surface area contributed by atoms with E-state index in [0.29, 0.717) is 0 Å². The highest BCUT2D eigenvalue weighted by atomic mass is 35.5. The number of hydrogen-bond acceptors (Lipinski definition) is 4. The molecule has 0 bridgehead atoms. The maximum Gasteiger partial charge on any atom is 0.264 e. The minimum Gasteiger partial charge on any atom is -0.352 e. The third-order valence-electron chi connectivity index (χ3n) is 7.20. The number of benzene rings is 4. The second-order valence-electron chi connectivity index (χ2n) is 11.3. The number of nitrogens with zero attached hydrogens (tertiary/aromatic N) is 2. The maximum atomic E-state index is 14.5. The molecule has 0 unspecified atom stereocenters. The Morgan fingerprint density at radius 3 is 1.89 bits per heavy atom. The first-order valence-corrected chi connectivity index (χ1v) is 16.8. The number of nitrogens with one attached hydrogen (secondary N) is 1. The fourth-order valence-electron chi connectivity index (χ4n) is 4.87.